The third-order valence-electron chi connectivity index (χ3n) is 5.06. The molecule has 0 radical (unpaired) electrons. The summed E-state index contributed by atoms with van der Waals surface area (Å²) in [6.45, 7) is 0.840. The minimum atomic E-state index is -0.0428. The summed E-state index contributed by atoms with van der Waals surface area (Å²) in [5, 5.41) is 5.14. The first-order valence-corrected chi connectivity index (χ1v) is 9.26. The summed E-state index contributed by atoms with van der Waals surface area (Å²) in [4.78, 5) is 28.1. The molecule has 1 aromatic heterocycles. The summed E-state index contributed by atoms with van der Waals surface area (Å²) < 4.78 is 0. The molecule has 2 aromatic rings. The first kappa shape index (κ1) is 15.4. The number of amides is 2. The highest BCUT2D eigenvalue weighted by atomic mass is 32.1. The third kappa shape index (κ3) is 2.96. The second-order valence-corrected chi connectivity index (χ2v) is 7.69. The first-order valence-electron chi connectivity index (χ1n) is 8.38. The lowest BCUT2D eigenvalue weighted by molar-refractivity contribution is -0.132. The number of benzene rings is 1. The lowest BCUT2D eigenvalue weighted by atomic mass is 10.0. The molecular weight excluding hydrogens is 320 g/mol. The smallest absolute Gasteiger partial charge is 0.251 e. The maximum Gasteiger partial charge on any atom is 0.251 e. The van der Waals surface area contributed by atoms with Crippen LogP contribution in [0.2, 0.25) is 0 Å². The molecule has 2 heterocycles. The van der Waals surface area contributed by atoms with Gasteiger partial charge >= 0.3 is 0 Å². The molecule has 1 aliphatic heterocycles. The molecule has 2 fully saturated rings. The van der Waals surface area contributed by atoms with E-state index in [1.165, 1.54) is 0 Å². The van der Waals surface area contributed by atoms with Crippen molar-refractivity contribution in [2.24, 2.45) is 5.92 Å². The van der Waals surface area contributed by atoms with Crippen molar-refractivity contribution in [2.45, 2.75) is 31.3 Å². The number of carbonyl (C=O) groups is 2. The fourth-order valence-corrected chi connectivity index (χ4v) is 4.67. The van der Waals surface area contributed by atoms with Crippen molar-refractivity contribution in [3.8, 4) is 0 Å². The van der Waals surface area contributed by atoms with Crippen molar-refractivity contribution in [1.29, 1.82) is 0 Å². The number of rotatable bonds is 4. The standard InChI is InChI=1S/C19H20N2O2S/c22-18(11-15-7-4-8-24-15)21-12-13-9-16(17(21)10-13)20-19(23)14-5-2-1-3-6-14/h1-8,13,16-17H,9-12H2,(H,20,23)/t13-,16+,17-/m1/s1. The highest BCUT2D eigenvalue weighted by Gasteiger charge is 2.47. The van der Waals surface area contributed by atoms with Crippen LogP contribution in [0.1, 0.15) is 28.1 Å². The van der Waals surface area contributed by atoms with Crippen molar-refractivity contribution < 1.29 is 9.59 Å². The summed E-state index contributed by atoms with van der Waals surface area (Å²) in [7, 11) is 0. The van der Waals surface area contributed by atoms with Gasteiger partial charge in [0.25, 0.3) is 5.91 Å². The molecule has 24 heavy (non-hydrogen) atoms. The molecule has 0 unspecified atom stereocenters. The third-order valence-corrected chi connectivity index (χ3v) is 5.94. The van der Waals surface area contributed by atoms with Crippen LogP contribution in [0, 0.1) is 5.92 Å². The fourth-order valence-electron chi connectivity index (χ4n) is 3.97. The van der Waals surface area contributed by atoms with Crippen molar-refractivity contribution in [3.63, 3.8) is 0 Å². The van der Waals surface area contributed by atoms with E-state index in [4.69, 9.17) is 0 Å². The number of thiophene rings is 1. The SMILES string of the molecule is O=C(N[C@H]1C[C@@H]2C[C@H]1N(C(=O)Cc1cccs1)C2)c1ccccc1. The minimum absolute atomic E-state index is 0.0428. The van der Waals surface area contributed by atoms with E-state index in [0.29, 0.717) is 17.9 Å². The molecule has 1 saturated carbocycles. The molecule has 4 nitrogen and oxygen atoms in total. The topological polar surface area (TPSA) is 49.4 Å². The van der Waals surface area contributed by atoms with Crippen LogP contribution < -0.4 is 5.32 Å². The Morgan fingerprint density at radius 2 is 1.96 bits per heavy atom. The van der Waals surface area contributed by atoms with E-state index in [1.807, 2.05) is 52.7 Å². The van der Waals surface area contributed by atoms with Gasteiger partial charge in [-0.3, -0.25) is 9.59 Å². The average molecular weight is 340 g/mol. The van der Waals surface area contributed by atoms with Crippen molar-refractivity contribution >= 4 is 23.2 Å². The Kier molecular flexibility index (Phi) is 4.10. The lowest BCUT2D eigenvalue weighted by Gasteiger charge is -2.33. The van der Waals surface area contributed by atoms with Crippen LogP contribution in [0.4, 0.5) is 0 Å². The van der Waals surface area contributed by atoms with Gasteiger partial charge in [-0.1, -0.05) is 24.3 Å². The van der Waals surface area contributed by atoms with Gasteiger partial charge in [-0.2, -0.15) is 0 Å². The molecule has 2 amide bonds. The van der Waals surface area contributed by atoms with Crippen molar-refractivity contribution in [3.05, 3.63) is 58.3 Å². The summed E-state index contributed by atoms with van der Waals surface area (Å²) in [6, 6.07) is 13.5. The monoisotopic (exact) mass is 340 g/mol. The Labute approximate surface area is 145 Å². The second-order valence-electron chi connectivity index (χ2n) is 6.65. The van der Waals surface area contributed by atoms with Crippen molar-refractivity contribution in [1.82, 2.24) is 10.2 Å². The number of nitrogens with zero attached hydrogens (tertiary/aromatic N) is 1. The zero-order valence-corrected chi connectivity index (χ0v) is 14.2. The number of hydrogen-bond donors (Lipinski definition) is 1. The van der Waals surface area contributed by atoms with Crippen molar-refractivity contribution in [2.75, 3.05) is 6.54 Å². The van der Waals surface area contributed by atoms with E-state index in [9.17, 15) is 9.59 Å². The number of carbonyl (C=O) groups excluding carboxylic acids is 2. The normalized spacial score (nSPS) is 25.0. The van der Waals surface area contributed by atoms with Gasteiger partial charge < -0.3 is 10.2 Å². The molecule has 1 saturated heterocycles. The van der Waals surface area contributed by atoms with Gasteiger partial charge in [-0.15, -0.1) is 11.3 Å². The molecule has 5 heteroatoms. The molecular formula is C19H20N2O2S. The van der Waals surface area contributed by atoms with E-state index in [1.54, 1.807) is 11.3 Å². The quantitative estimate of drug-likeness (QED) is 0.930. The van der Waals surface area contributed by atoms with Crippen LogP contribution in [0.5, 0.6) is 0 Å². The van der Waals surface area contributed by atoms with Gasteiger partial charge in [-0.05, 0) is 42.3 Å². The van der Waals surface area contributed by atoms with Gasteiger partial charge in [0.2, 0.25) is 5.91 Å². The average Bonchev–Trinajstić information content (AvgIpc) is 3.32. The van der Waals surface area contributed by atoms with Crippen LogP contribution in [0.25, 0.3) is 0 Å². The molecule has 1 aromatic carbocycles. The Morgan fingerprint density at radius 1 is 1.12 bits per heavy atom. The molecule has 1 N–H and O–H groups in total. The maximum absolute atomic E-state index is 12.6. The summed E-state index contributed by atoms with van der Waals surface area (Å²) in [5.74, 6) is 0.658. The second kappa shape index (κ2) is 6.40. The Bertz CT molecular complexity index is 729. The number of nitrogens with one attached hydrogen (secondary N) is 1. The molecule has 2 bridgehead atoms. The van der Waals surface area contributed by atoms with Crippen LogP contribution in [0.3, 0.4) is 0 Å². The zero-order chi connectivity index (χ0) is 16.5. The number of hydrogen-bond acceptors (Lipinski definition) is 3. The van der Waals surface area contributed by atoms with Gasteiger partial charge in [0.15, 0.2) is 0 Å². The van der Waals surface area contributed by atoms with E-state index in [2.05, 4.69) is 5.32 Å². The van der Waals surface area contributed by atoms with Crippen LogP contribution in [-0.4, -0.2) is 35.3 Å². The van der Waals surface area contributed by atoms with Crippen LogP contribution in [-0.2, 0) is 11.2 Å². The summed E-state index contributed by atoms with van der Waals surface area (Å²) in [6.07, 6.45) is 2.46. The predicted octanol–water partition coefficient (Wildman–Crippen LogP) is 2.71. The molecule has 2 aliphatic rings. The Balaban J connectivity index is 1.41. The Hall–Kier alpha value is -2.14. The predicted molar refractivity (Wildman–Crippen MR) is 93.9 cm³/mol. The molecule has 4 rings (SSSR count). The molecule has 124 valence electrons. The van der Waals surface area contributed by atoms with Crippen LogP contribution >= 0.6 is 11.3 Å². The largest absolute Gasteiger partial charge is 0.347 e. The first-order chi connectivity index (χ1) is 11.7. The number of likely N-dealkylation sites (tertiary alicyclic amines) is 1. The van der Waals surface area contributed by atoms with Gasteiger partial charge in [0, 0.05) is 23.0 Å². The lowest BCUT2D eigenvalue weighted by Crippen LogP contribution is -2.52. The van der Waals surface area contributed by atoms with Gasteiger partial charge in [-0.25, -0.2) is 0 Å². The Morgan fingerprint density at radius 3 is 2.67 bits per heavy atom. The zero-order valence-electron chi connectivity index (χ0n) is 13.4. The number of piperidine rings is 1. The van der Waals surface area contributed by atoms with Crippen LogP contribution in [0.15, 0.2) is 47.8 Å². The number of fused-ring (bicyclic) bond motifs is 2. The fraction of sp³-hybridized carbons (Fsp3) is 0.368. The summed E-state index contributed by atoms with van der Waals surface area (Å²) in [5.41, 5.74) is 0.678. The van der Waals surface area contributed by atoms with E-state index < -0.39 is 0 Å². The van der Waals surface area contributed by atoms with E-state index >= 15 is 0 Å². The summed E-state index contributed by atoms with van der Waals surface area (Å²) >= 11 is 1.62. The van der Waals surface area contributed by atoms with Gasteiger partial charge in [0.05, 0.1) is 12.5 Å². The molecule has 0 spiro atoms. The highest BCUT2D eigenvalue weighted by Crippen LogP contribution is 2.38. The minimum Gasteiger partial charge on any atom is -0.347 e. The maximum atomic E-state index is 12.6. The van der Waals surface area contributed by atoms with Gasteiger partial charge in [0.1, 0.15) is 0 Å². The highest BCUT2D eigenvalue weighted by molar-refractivity contribution is 7.10. The van der Waals surface area contributed by atoms with E-state index in [0.717, 1.165) is 24.3 Å². The molecule has 3 atom stereocenters. The van der Waals surface area contributed by atoms with E-state index in [-0.39, 0.29) is 23.9 Å². The molecule has 1 aliphatic carbocycles.